The van der Waals surface area contributed by atoms with Gasteiger partial charge in [0.05, 0.1) is 5.41 Å². The van der Waals surface area contributed by atoms with Crippen molar-refractivity contribution in [2.75, 3.05) is 5.32 Å². The smallest absolute Gasteiger partial charge is 0.235 e. The molecule has 3 rings (SSSR count). The zero-order chi connectivity index (χ0) is 15.6. The largest absolute Gasteiger partial charge is 0.325 e. The van der Waals surface area contributed by atoms with Crippen molar-refractivity contribution >= 4 is 11.6 Å². The van der Waals surface area contributed by atoms with Crippen LogP contribution in [0.2, 0.25) is 0 Å². The van der Waals surface area contributed by atoms with Crippen LogP contribution in [0.5, 0.6) is 0 Å². The van der Waals surface area contributed by atoms with Crippen molar-refractivity contribution in [3.05, 3.63) is 65.5 Å². The van der Waals surface area contributed by atoms with Gasteiger partial charge in [-0.15, -0.1) is 6.42 Å². The Morgan fingerprint density at radius 3 is 2.50 bits per heavy atom. The first-order valence-electron chi connectivity index (χ1n) is 7.28. The number of carbonyl (C=O) groups is 1. The molecule has 0 aliphatic heterocycles. The molecule has 2 aromatic carbocycles. The fraction of sp³-hybridized carbons (Fsp3) is 0.211. The second-order valence-electron chi connectivity index (χ2n) is 5.62. The maximum atomic E-state index is 13.1. The average molecular weight is 293 g/mol. The van der Waals surface area contributed by atoms with E-state index in [2.05, 4.69) is 11.2 Å². The summed E-state index contributed by atoms with van der Waals surface area (Å²) in [6.45, 7) is 0. The van der Waals surface area contributed by atoms with Gasteiger partial charge in [-0.25, -0.2) is 4.39 Å². The lowest BCUT2D eigenvalue weighted by molar-refractivity contribution is -0.124. The number of terminal acetylenes is 1. The van der Waals surface area contributed by atoms with E-state index in [-0.39, 0.29) is 11.7 Å². The quantitative estimate of drug-likeness (QED) is 0.855. The average Bonchev–Trinajstić information content (AvgIpc) is 2.48. The second-order valence-corrected chi connectivity index (χ2v) is 5.62. The number of nitrogens with one attached hydrogen (secondary N) is 1. The maximum Gasteiger partial charge on any atom is 0.235 e. The first-order chi connectivity index (χ1) is 10.6. The van der Waals surface area contributed by atoms with Crippen molar-refractivity contribution in [3.63, 3.8) is 0 Å². The lowest BCUT2D eigenvalue weighted by atomic mass is 9.64. The van der Waals surface area contributed by atoms with Crippen LogP contribution < -0.4 is 5.32 Å². The molecule has 1 N–H and O–H groups in total. The molecule has 0 bridgehead atoms. The minimum Gasteiger partial charge on any atom is -0.325 e. The highest BCUT2D eigenvalue weighted by molar-refractivity contribution is 6.00. The Morgan fingerprint density at radius 1 is 1.18 bits per heavy atom. The number of anilines is 1. The molecule has 1 fully saturated rings. The van der Waals surface area contributed by atoms with E-state index in [0.29, 0.717) is 5.69 Å². The first-order valence-corrected chi connectivity index (χ1v) is 7.28. The number of carbonyl (C=O) groups excluding carboxylic acids is 1. The molecule has 3 heteroatoms. The molecule has 22 heavy (non-hydrogen) atoms. The monoisotopic (exact) mass is 293 g/mol. The fourth-order valence-corrected chi connectivity index (χ4v) is 2.88. The van der Waals surface area contributed by atoms with E-state index in [9.17, 15) is 9.18 Å². The number of halogens is 1. The third-order valence-electron chi connectivity index (χ3n) is 4.33. The highest BCUT2D eigenvalue weighted by Crippen LogP contribution is 2.44. The molecule has 110 valence electrons. The summed E-state index contributed by atoms with van der Waals surface area (Å²) in [4.78, 5) is 12.7. The summed E-state index contributed by atoms with van der Waals surface area (Å²) in [5, 5.41) is 2.94. The van der Waals surface area contributed by atoms with Crippen LogP contribution in [0.25, 0.3) is 0 Å². The molecule has 0 saturated heterocycles. The van der Waals surface area contributed by atoms with Crippen molar-refractivity contribution in [3.8, 4) is 12.3 Å². The number of amides is 1. The highest BCUT2D eigenvalue weighted by atomic mass is 19.1. The Balaban J connectivity index is 1.85. The Labute approximate surface area is 129 Å². The number of hydrogen-bond acceptors (Lipinski definition) is 1. The third-order valence-corrected chi connectivity index (χ3v) is 4.33. The van der Waals surface area contributed by atoms with E-state index in [1.54, 1.807) is 18.2 Å². The summed E-state index contributed by atoms with van der Waals surface area (Å²) in [6.07, 6.45) is 7.93. The van der Waals surface area contributed by atoms with Gasteiger partial charge < -0.3 is 5.32 Å². The van der Waals surface area contributed by atoms with E-state index in [1.165, 1.54) is 12.1 Å². The molecule has 2 aromatic rings. The molecule has 0 radical (unpaired) electrons. The van der Waals surface area contributed by atoms with Crippen molar-refractivity contribution in [2.24, 2.45) is 0 Å². The standard InChI is InChI=1S/C19H16FNO/c1-2-14-5-3-6-17(13-14)21-18(22)19(11-4-12-19)15-7-9-16(20)10-8-15/h1,3,5-10,13H,4,11-12H2,(H,21,22). The van der Waals surface area contributed by atoms with Crippen molar-refractivity contribution in [1.82, 2.24) is 0 Å². The van der Waals surface area contributed by atoms with E-state index < -0.39 is 5.41 Å². The SMILES string of the molecule is C#Cc1cccc(NC(=O)C2(c3ccc(F)cc3)CCC2)c1. The third kappa shape index (κ3) is 2.48. The minimum absolute atomic E-state index is 0.0560. The summed E-state index contributed by atoms with van der Waals surface area (Å²) in [5.74, 6) is 2.20. The first kappa shape index (κ1) is 14.3. The second kappa shape index (κ2) is 5.65. The van der Waals surface area contributed by atoms with Gasteiger partial charge in [0.15, 0.2) is 0 Å². The predicted octanol–water partition coefficient (Wildman–Crippen LogP) is 3.87. The minimum atomic E-state index is -0.556. The molecule has 0 heterocycles. The lowest BCUT2D eigenvalue weighted by Crippen LogP contribution is -2.46. The lowest BCUT2D eigenvalue weighted by Gasteiger charge is -2.40. The van der Waals surface area contributed by atoms with Gasteiger partial charge in [-0.05, 0) is 48.7 Å². The van der Waals surface area contributed by atoms with E-state index in [4.69, 9.17) is 6.42 Å². The van der Waals surface area contributed by atoms with Crippen LogP contribution in [-0.2, 0) is 10.2 Å². The van der Waals surface area contributed by atoms with E-state index >= 15 is 0 Å². The number of benzene rings is 2. The highest BCUT2D eigenvalue weighted by Gasteiger charge is 2.45. The fourth-order valence-electron chi connectivity index (χ4n) is 2.88. The molecule has 0 unspecified atom stereocenters. The summed E-state index contributed by atoms with van der Waals surface area (Å²) in [6, 6.07) is 13.4. The van der Waals surface area contributed by atoms with Gasteiger partial charge in [0.2, 0.25) is 5.91 Å². The van der Waals surface area contributed by atoms with Crippen LogP contribution in [0.4, 0.5) is 10.1 Å². The molecular weight excluding hydrogens is 277 g/mol. The Bertz CT molecular complexity index is 739. The number of hydrogen-bond donors (Lipinski definition) is 1. The van der Waals surface area contributed by atoms with Crippen LogP contribution in [0, 0.1) is 18.2 Å². The summed E-state index contributed by atoms with van der Waals surface area (Å²) >= 11 is 0. The molecule has 1 amide bonds. The topological polar surface area (TPSA) is 29.1 Å². The molecule has 1 aliphatic carbocycles. The molecule has 0 aromatic heterocycles. The Kier molecular flexibility index (Phi) is 3.68. The van der Waals surface area contributed by atoms with Crippen molar-refractivity contribution in [2.45, 2.75) is 24.7 Å². The normalized spacial score (nSPS) is 15.5. The molecular formula is C19H16FNO. The van der Waals surface area contributed by atoms with E-state index in [1.807, 2.05) is 18.2 Å². The molecule has 0 atom stereocenters. The molecule has 1 saturated carbocycles. The number of rotatable bonds is 3. The van der Waals surface area contributed by atoms with Crippen LogP contribution in [0.15, 0.2) is 48.5 Å². The summed E-state index contributed by atoms with van der Waals surface area (Å²) in [5.41, 5.74) is 1.72. The van der Waals surface area contributed by atoms with Crippen LogP contribution in [0.3, 0.4) is 0 Å². The van der Waals surface area contributed by atoms with Gasteiger partial charge in [0.1, 0.15) is 5.82 Å². The van der Waals surface area contributed by atoms with Gasteiger partial charge >= 0.3 is 0 Å². The zero-order valence-corrected chi connectivity index (χ0v) is 12.1. The van der Waals surface area contributed by atoms with Crippen LogP contribution >= 0.6 is 0 Å². The van der Waals surface area contributed by atoms with Crippen LogP contribution in [-0.4, -0.2) is 5.91 Å². The van der Waals surface area contributed by atoms with Crippen LogP contribution in [0.1, 0.15) is 30.4 Å². The maximum absolute atomic E-state index is 13.1. The molecule has 1 aliphatic rings. The Hall–Kier alpha value is -2.60. The van der Waals surface area contributed by atoms with Gasteiger partial charge in [-0.1, -0.05) is 30.5 Å². The van der Waals surface area contributed by atoms with Gasteiger partial charge in [0, 0.05) is 11.3 Å². The summed E-state index contributed by atoms with van der Waals surface area (Å²) < 4.78 is 13.1. The Morgan fingerprint density at radius 2 is 1.91 bits per heavy atom. The molecule has 0 spiro atoms. The van der Waals surface area contributed by atoms with Crippen molar-refractivity contribution < 1.29 is 9.18 Å². The van der Waals surface area contributed by atoms with Gasteiger partial charge in [-0.3, -0.25) is 4.79 Å². The predicted molar refractivity (Wildman–Crippen MR) is 84.9 cm³/mol. The van der Waals surface area contributed by atoms with Gasteiger partial charge in [-0.2, -0.15) is 0 Å². The summed E-state index contributed by atoms with van der Waals surface area (Å²) in [7, 11) is 0. The van der Waals surface area contributed by atoms with E-state index in [0.717, 1.165) is 30.4 Å². The van der Waals surface area contributed by atoms with Crippen molar-refractivity contribution in [1.29, 1.82) is 0 Å². The molecule has 2 nitrogen and oxygen atoms in total. The zero-order valence-electron chi connectivity index (χ0n) is 12.1. The van der Waals surface area contributed by atoms with Gasteiger partial charge in [0.25, 0.3) is 0 Å².